The molecule has 0 spiro atoms. The van der Waals surface area contributed by atoms with E-state index in [-0.39, 0.29) is 24.0 Å². The molecular formula is C17H22ClIN4O. The van der Waals surface area contributed by atoms with Crippen LogP contribution in [0.25, 0.3) is 0 Å². The average molecular weight is 461 g/mol. The molecule has 7 heteroatoms. The minimum absolute atomic E-state index is 0. The molecule has 1 aromatic heterocycles. The van der Waals surface area contributed by atoms with Gasteiger partial charge in [-0.1, -0.05) is 23.7 Å². The Morgan fingerprint density at radius 1 is 1.17 bits per heavy atom. The fourth-order valence-electron chi connectivity index (χ4n) is 2.00. The third-order valence-electron chi connectivity index (χ3n) is 3.23. The molecule has 0 aliphatic carbocycles. The van der Waals surface area contributed by atoms with Crippen LogP contribution < -0.4 is 10.6 Å². The summed E-state index contributed by atoms with van der Waals surface area (Å²) in [5, 5.41) is 17.2. The lowest BCUT2D eigenvalue weighted by Gasteiger charge is -2.15. The Kier molecular flexibility index (Phi) is 9.66. The van der Waals surface area contributed by atoms with Crippen LogP contribution in [0.15, 0.2) is 53.8 Å². The summed E-state index contributed by atoms with van der Waals surface area (Å²) in [6.07, 6.45) is 2.72. The number of hydrogen-bond donors (Lipinski definition) is 3. The fraction of sp³-hybridized carbons (Fsp3) is 0.294. The van der Waals surface area contributed by atoms with Crippen molar-refractivity contribution >= 4 is 41.5 Å². The van der Waals surface area contributed by atoms with Gasteiger partial charge in [-0.05, 0) is 42.3 Å². The van der Waals surface area contributed by atoms with Crippen LogP contribution in [0.5, 0.6) is 0 Å². The SMILES string of the molecule is CCNC(=NCc1ccc(Cl)cc1)NCC(O)c1ccncc1.I. The summed E-state index contributed by atoms with van der Waals surface area (Å²) in [6.45, 7) is 3.66. The zero-order chi connectivity index (χ0) is 16.5. The third kappa shape index (κ3) is 7.02. The van der Waals surface area contributed by atoms with Gasteiger partial charge in [0.15, 0.2) is 5.96 Å². The number of benzene rings is 1. The molecule has 1 aromatic carbocycles. The maximum Gasteiger partial charge on any atom is 0.191 e. The van der Waals surface area contributed by atoms with E-state index in [0.717, 1.165) is 17.7 Å². The highest BCUT2D eigenvalue weighted by molar-refractivity contribution is 14.0. The fourth-order valence-corrected chi connectivity index (χ4v) is 2.12. The van der Waals surface area contributed by atoms with Crippen molar-refractivity contribution in [2.75, 3.05) is 13.1 Å². The average Bonchev–Trinajstić information content (AvgIpc) is 2.59. The molecule has 1 atom stereocenters. The van der Waals surface area contributed by atoms with Crippen molar-refractivity contribution in [3.63, 3.8) is 0 Å². The van der Waals surface area contributed by atoms with E-state index in [1.54, 1.807) is 24.5 Å². The van der Waals surface area contributed by atoms with Crippen LogP contribution >= 0.6 is 35.6 Å². The zero-order valence-corrected chi connectivity index (χ0v) is 16.5. The standard InChI is InChI=1S/C17H21ClN4O.HI/c1-2-20-17(21-11-13-3-5-15(18)6-4-13)22-12-16(23)14-7-9-19-10-8-14;/h3-10,16,23H,2,11-12H2,1H3,(H2,20,21,22);1H. The lowest BCUT2D eigenvalue weighted by molar-refractivity contribution is 0.180. The number of aliphatic hydroxyl groups excluding tert-OH is 1. The summed E-state index contributed by atoms with van der Waals surface area (Å²) < 4.78 is 0. The van der Waals surface area contributed by atoms with Crippen LogP contribution in [0, 0.1) is 0 Å². The van der Waals surface area contributed by atoms with Crippen molar-refractivity contribution in [1.82, 2.24) is 15.6 Å². The molecule has 24 heavy (non-hydrogen) atoms. The first-order valence-electron chi connectivity index (χ1n) is 7.53. The van der Waals surface area contributed by atoms with Crippen molar-refractivity contribution in [2.45, 2.75) is 19.6 Å². The molecule has 130 valence electrons. The Bertz CT molecular complexity index is 622. The number of halogens is 2. The monoisotopic (exact) mass is 460 g/mol. The van der Waals surface area contributed by atoms with Gasteiger partial charge in [0.1, 0.15) is 0 Å². The van der Waals surface area contributed by atoms with E-state index in [2.05, 4.69) is 20.6 Å². The number of nitrogens with one attached hydrogen (secondary N) is 2. The van der Waals surface area contributed by atoms with Gasteiger partial charge in [0, 0.05) is 30.5 Å². The number of pyridine rings is 1. The zero-order valence-electron chi connectivity index (χ0n) is 13.4. The first-order chi connectivity index (χ1) is 11.2. The molecule has 0 radical (unpaired) electrons. The van der Waals surface area contributed by atoms with Gasteiger partial charge in [-0.3, -0.25) is 4.98 Å². The summed E-state index contributed by atoms with van der Waals surface area (Å²) in [7, 11) is 0. The van der Waals surface area contributed by atoms with E-state index < -0.39 is 6.10 Å². The van der Waals surface area contributed by atoms with Crippen molar-refractivity contribution in [1.29, 1.82) is 0 Å². The number of guanidine groups is 1. The highest BCUT2D eigenvalue weighted by Gasteiger charge is 2.07. The molecule has 0 saturated heterocycles. The molecule has 5 nitrogen and oxygen atoms in total. The minimum atomic E-state index is -0.614. The second kappa shape index (κ2) is 11.2. The molecule has 1 unspecified atom stereocenters. The maximum absolute atomic E-state index is 10.2. The van der Waals surface area contributed by atoms with Crippen LogP contribution in [0.4, 0.5) is 0 Å². The molecule has 2 aromatic rings. The van der Waals surface area contributed by atoms with Crippen LogP contribution in [-0.2, 0) is 6.54 Å². The highest BCUT2D eigenvalue weighted by atomic mass is 127. The lowest BCUT2D eigenvalue weighted by Crippen LogP contribution is -2.39. The van der Waals surface area contributed by atoms with Crippen LogP contribution in [0.1, 0.15) is 24.2 Å². The normalized spacial score (nSPS) is 12.2. The van der Waals surface area contributed by atoms with E-state index in [0.29, 0.717) is 24.1 Å². The van der Waals surface area contributed by atoms with E-state index in [1.165, 1.54) is 0 Å². The molecule has 0 aliphatic rings. The first-order valence-corrected chi connectivity index (χ1v) is 7.91. The molecule has 0 bridgehead atoms. The summed E-state index contributed by atoms with van der Waals surface area (Å²) in [6, 6.07) is 11.2. The topological polar surface area (TPSA) is 69.5 Å². The van der Waals surface area contributed by atoms with Crippen LogP contribution in [-0.4, -0.2) is 29.1 Å². The van der Waals surface area contributed by atoms with Gasteiger partial charge in [-0.25, -0.2) is 4.99 Å². The number of aliphatic hydroxyl groups is 1. The highest BCUT2D eigenvalue weighted by Crippen LogP contribution is 2.11. The predicted molar refractivity (Wildman–Crippen MR) is 109 cm³/mol. The van der Waals surface area contributed by atoms with Crippen molar-refractivity contribution < 1.29 is 5.11 Å². The second-order valence-corrected chi connectivity index (χ2v) is 5.44. The van der Waals surface area contributed by atoms with Gasteiger partial charge in [-0.2, -0.15) is 0 Å². The third-order valence-corrected chi connectivity index (χ3v) is 3.48. The van der Waals surface area contributed by atoms with E-state index in [9.17, 15) is 5.11 Å². The van der Waals surface area contributed by atoms with Gasteiger partial charge in [0.25, 0.3) is 0 Å². The summed E-state index contributed by atoms with van der Waals surface area (Å²) in [4.78, 5) is 8.45. The Balaban J connectivity index is 0.00000288. The molecule has 3 N–H and O–H groups in total. The summed E-state index contributed by atoms with van der Waals surface area (Å²) in [5.74, 6) is 0.663. The van der Waals surface area contributed by atoms with Gasteiger partial charge in [0.05, 0.1) is 12.6 Å². The molecule has 0 aliphatic heterocycles. The van der Waals surface area contributed by atoms with Crippen molar-refractivity contribution in [3.8, 4) is 0 Å². The Morgan fingerprint density at radius 2 is 1.83 bits per heavy atom. The molecule has 0 saturated carbocycles. The predicted octanol–water partition coefficient (Wildman–Crippen LogP) is 3.14. The molecular weight excluding hydrogens is 439 g/mol. The van der Waals surface area contributed by atoms with Gasteiger partial charge in [0.2, 0.25) is 0 Å². The Morgan fingerprint density at radius 3 is 2.46 bits per heavy atom. The lowest BCUT2D eigenvalue weighted by atomic mass is 10.1. The van der Waals surface area contributed by atoms with Gasteiger partial charge < -0.3 is 15.7 Å². The smallest absolute Gasteiger partial charge is 0.191 e. The molecule has 0 amide bonds. The first kappa shape index (κ1) is 20.7. The number of aromatic nitrogens is 1. The summed E-state index contributed by atoms with van der Waals surface area (Å²) in [5.41, 5.74) is 1.89. The quantitative estimate of drug-likeness (QED) is 0.352. The molecule has 0 fully saturated rings. The number of aliphatic imine (C=N–C) groups is 1. The van der Waals surface area contributed by atoms with E-state index in [4.69, 9.17) is 11.6 Å². The summed E-state index contributed by atoms with van der Waals surface area (Å²) >= 11 is 5.87. The van der Waals surface area contributed by atoms with Crippen molar-refractivity contribution in [3.05, 3.63) is 64.9 Å². The molecule has 1 heterocycles. The van der Waals surface area contributed by atoms with E-state index in [1.807, 2.05) is 31.2 Å². The maximum atomic E-state index is 10.2. The van der Waals surface area contributed by atoms with Crippen LogP contribution in [0.3, 0.4) is 0 Å². The number of nitrogens with zero attached hydrogens (tertiary/aromatic N) is 2. The Labute approximate surface area is 164 Å². The number of hydrogen-bond acceptors (Lipinski definition) is 3. The second-order valence-electron chi connectivity index (χ2n) is 5.00. The van der Waals surface area contributed by atoms with Gasteiger partial charge >= 0.3 is 0 Å². The largest absolute Gasteiger partial charge is 0.387 e. The Hall–Kier alpha value is -1.38. The molecule has 2 rings (SSSR count). The number of rotatable bonds is 6. The minimum Gasteiger partial charge on any atom is -0.387 e. The van der Waals surface area contributed by atoms with E-state index >= 15 is 0 Å². The van der Waals surface area contributed by atoms with Crippen LogP contribution in [0.2, 0.25) is 5.02 Å². The van der Waals surface area contributed by atoms with Gasteiger partial charge in [-0.15, -0.1) is 24.0 Å². The van der Waals surface area contributed by atoms with Crippen molar-refractivity contribution in [2.24, 2.45) is 4.99 Å².